The van der Waals surface area contributed by atoms with Crippen molar-refractivity contribution in [1.29, 1.82) is 0 Å². The van der Waals surface area contributed by atoms with Crippen LogP contribution in [0.25, 0.3) is 22.4 Å². The Morgan fingerprint density at radius 1 is 1.21 bits per heavy atom. The van der Waals surface area contributed by atoms with Crippen LogP contribution in [0.15, 0.2) is 49.2 Å². The van der Waals surface area contributed by atoms with Crippen molar-refractivity contribution in [2.24, 2.45) is 0 Å². The Balaban J connectivity index is 2.22. The average Bonchev–Trinajstić information content (AvgIpc) is 2.84. The summed E-state index contributed by atoms with van der Waals surface area (Å²) >= 11 is 0. The molecule has 0 spiro atoms. The number of anilines is 1. The Labute approximate surface area is 110 Å². The van der Waals surface area contributed by atoms with Crippen molar-refractivity contribution in [3.05, 3.63) is 49.2 Å². The second-order valence-corrected chi connectivity index (χ2v) is 4.15. The molecule has 3 aromatic rings. The minimum absolute atomic E-state index is 0.444. The Morgan fingerprint density at radius 2 is 2.00 bits per heavy atom. The molecule has 2 N–H and O–H groups in total. The zero-order chi connectivity index (χ0) is 13.2. The molecule has 0 aliphatic rings. The molecule has 0 fully saturated rings. The monoisotopic (exact) mass is 251 g/mol. The highest BCUT2D eigenvalue weighted by molar-refractivity contribution is 5.86. The van der Waals surface area contributed by atoms with Gasteiger partial charge < -0.3 is 5.73 Å². The maximum Gasteiger partial charge on any atom is 0.164 e. The van der Waals surface area contributed by atoms with Crippen molar-refractivity contribution in [2.45, 2.75) is 6.54 Å². The molecule has 19 heavy (non-hydrogen) atoms. The van der Waals surface area contributed by atoms with Crippen LogP contribution in [0, 0.1) is 0 Å². The van der Waals surface area contributed by atoms with Gasteiger partial charge in [-0.05, 0) is 0 Å². The molecular weight excluding hydrogens is 238 g/mol. The van der Waals surface area contributed by atoms with Crippen LogP contribution in [0.2, 0.25) is 0 Å². The summed E-state index contributed by atoms with van der Waals surface area (Å²) in [7, 11) is 0. The minimum atomic E-state index is 0.444. The SMILES string of the molecule is C=CCn1ncc2c(N)nc(-c3ccccc3)nc21. The number of rotatable bonds is 3. The van der Waals surface area contributed by atoms with Crippen molar-refractivity contribution in [3.63, 3.8) is 0 Å². The maximum atomic E-state index is 5.97. The van der Waals surface area contributed by atoms with E-state index in [4.69, 9.17) is 5.73 Å². The summed E-state index contributed by atoms with van der Waals surface area (Å²) < 4.78 is 1.76. The van der Waals surface area contributed by atoms with Crippen molar-refractivity contribution in [1.82, 2.24) is 19.7 Å². The Kier molecular flexibility index (Phi) is 2.72. The molecular formula is C14H13N5. The molecule has 0 amide bonds. The Morgan fingerprint density at radius 3 is 2.74 bits per heavy atom. The molecule has 0 unspecified atom stereocenters. The molecule has 2 heterocycles. The van der Waals surface area contributed by atoms with E-state index in [0.29, 0.717) is 18.2 Å². The standard InChI is InChI=1S/C14H13N5/c1-2-8-19-14-11(9-16-19)12(15)17-13(18-14)10-6-4-3-5-7-10/h2-7,9H,1,8H2,(H2,15,17,18). The smallest absolute Gasteiger partial charge is 0.164 e. The summed E-state index contributed by atoms with van der Waals surface area (Å²) in [5.74, 6) is 1.05. The highest BCUT2D eigenvalue weighted by Gasteiger charge is 2.11. The number of aromatic nitrogens is 4. The van der Waals surface area contributed by atoms with Gasteiger partial charge in [0, 0.05) is 5.56 Å². The van der Waals surface area contributed by atoms with Crippen molar-refractivity contribution >= 4 is 16.9 Å². The van der Waals surface area contributed by atoms with Crippen molar-refractivity contribution in [2.75, 3.05) is 5.73 Å². The van der Waals surface area contributed by atoms with Crippen LogP contribution in [0.1, 0.15) is 0 Å². The van der Waals surface area contributed by atoms with Gasteiger partial charge in [0.25, 0.3) is 0 Å². The molecule has 0 bridgehead atoms. The zero-order valence-electron chi connectivity index (χ0n) is 10.3. The number of benzene rings is 1. The molecule has 94 valence electrons. The van der Waals surface area contributed by atoms with Gasteiger partial charge >= 0.3 is 0 Å². The Hall–Kier alpha value is -2.69. The minimum Gasteiger partial charge on any atom is -0.383 e. The van der Waals surface area contributed by atoms with E-state index in [0.717, 1.165) is 16.6 Å². The van der Waals surface area contributed by atoms with Crippen molar-refractivity contribution in [3.8, 4) is 11.4 Å². The third-order valence-corrected chi connectivity index (χ3v) is 2.86. The largest absolute Gasteiger partial charge is 0.383 e. The topological polar surface area (TPSA) is 69.6 Å². The van der Waals surface area contributed by atoms with Crippen LogP contribution in [0.3, 0.4) is 0 Å². The number of hydrogen-bond acceptors (Lipinski definition) is 4. The lowest BCUT2D eigenvalue weighted by Crippen LogP contribution is -2.02. The van der Waals surface area contributed by atoms with Gasteiger partial charge in [-0.25, -0.2) is 14.6 Å². The number of hydrogen-bond donors (Lipinski definition) is 1. The van der Waals surface area contributed by atoms with Gasteiger partial charge in [-0.3, -0.25) is 0 Å². The van der Waals surface area contributed by atoms with Gasteiger partial charge in [0.1, 0.15) is 5.82 Å². The maximum absolute atomic E-state index is 5.97. The molecule has 0 radical (unpaired) electrons. The summed E-state index contributed by atoms with van der Waals surface area (Å²) in [6.07, 6.45) is 3.45. The molecule has 5 nitrogen and oxygen atoms in total. The molecule has 3 rings (SSSR count). The fraction of sp³-hybridized carbons (Fsp3) is 0.0714. The number of nitrogens with two attached hydrogens (primary N) is 1. The van der Waals surface area contributed by atoms with Gasteiger partial charge in [-0.15, -0.1) is 6.58 Å². The quantitative estimate of drug-likeness (QED) is 0.725. The first-order valence-corrected chi connectivity index (χ1v) is 5.95. The van der Waals surface area contributed by atoms with Crippen LogP contribution >= 0.6 is 0 Å². The van der Waals surface area contributed by atoms with E-state index in [2.05, 4.69) is 21.6 Å². The number of nitrogen functional groups attached to an aromatic ring is 1. The lowest BCUT2D eigenvalue weighted by atomic mass is 10.2. The van der Waals surface area contributed by atoms with Crippen LogP contribution < -0.4 is 5.73 Å². The van der Waals surface area contributed by atoms with E-state index in [9.17, 15) is 0 Å². The van der Waals surface area contributed by atoms with Crippen LogP contribution in [-0.4, -0.2) is 19.7 Å². The lowest BCUT2D eigenvalue weighted by molar-refractivity contribution is 0.720. The summed E-state index contributed by atoms with van der Waals surface area (Å²) in [5, 5.41) is 5.01. The molecule has 2 aromatic heterocycles. The van der Waals surface area contributed by atoms with Gasteiger partial charge in [0.2, 0.25) is 0 Å². The van der Waals surface area contributed by atoms with Crippen LogP contribution in [-0.2, 0) is 6.54 Å². The lowest BCUT2D eigenvalue weighted by Gasteiger charge is -2.04. The van der Waals surface area contributed by atoms with E-state index in [1.807, 2.05) is 30.3 Å². The summed E-state index contributed by atoms with van der Waals surface area (Å²) in [4.78, 5) is 8.88. The molecule has 0 saturated heterocycles. The molecule has 0 atom stereocenters. The van der Waals surface area contributed by atoms with E-state index >= 15 is 0 Å². The van der Waals surface area contributed by atoms with E-state index in [-0.39, 0.29) is 0 Å². The van der Waals surface area contributed by atoms with Crippen LogP contribution in [0.4, 0.5) is 5.82 Å². The summed E-state index contributed by atoms with van der Waals surface area (Å²) in [6, 6.07) is 9.75. The van der Waals surface area contributed by atoms with E-state index < -0.39 is 0 Å². The number of allylic oxidation sites excluding steroid dienone is 1. The summed E-state index contributed by atoms with van der Waals surface area (Å²) in [6.45, 7) is 4.30. The van der Waals surface area contributed by atoms with Crippen LogP contribution in [0.5, 0.6) is 0 Å². The molecule has 0 aliphatic carbocycles. The molecule has 0 saturated carbocycles. The van der Waals surface area contributed by atoms with Gasteiger partial charge in [-0.1, -0.05) is 36.4 Å². The summed E-state index contributed by atoms with van der Waals surface area (Å²) in [5.41, 5.74) is 7.63. The molecule has 0 aliphatic heterocycles. The average molecular weight is 251 g/mol. The second kappa shape index (κ2) is 4.53. The highest BCUT2D eigenvalue weighted by atomic mass is 15.3. The fourth-order valence-corrected chi connectivity index (χ4v) is 1.95. The van der Waals surface area contributed by atoms with Gasteiger partial charge in [0.05, 0.1) is 18.1 Å². The van der Waals surface area contributed by atoms with Crippen molar-refractivity contribution < 1.29 is 0 Å². The zero-order valence-corrected chi connectivity index (χ0v) is 10.3. The first-order valence-electron chi connectivity index (χ1n) is 5.95. The predicted octanol–water partition coefficient (Wildman–Crippen LogP) is 2.26. The number of fused-ring (bicyclic) bond motifs is 1. The van der Waals surface area contributed by atoms with E-state index in [1.165, 1.54) is 0 Å². The van der Waals surface area contributed by atoms with Gasteiger partial charge in [-0.2, -0.15) is 5.10 Å². The first kappa shape index (κ1) is 11.4. The Bertz CT molecular complexity index is 730. The number of nitrogens with zero attached hydrogens (tertiary/aromatic N) is 4. The predicted molar refractivity (Wildman–Crippen MR) is 75.4 cm³/mol. The molecule has 1 aromatic carbocycles. The fourth-order valence-electron chi connectivity index (χ4n) is 1.95. The highest BCUT2D eigenvalue weighted by Crippen LogP contribution is 2.22. The third kappa shape index (κ3) is 1.95. The molecule has 5 heteroatoms. The van der Waals surface area contributed by atoms with E-state index in [1.54, 1.807) is 17.0 Å². The van der Waals surface area contributed by atoms with Gasteiger partial charge in [0.15, 0.2) is 11.5 Å². The third-order valence-electron chi connectivity index (χ3n) is 2.86. The first-order chi connectivity index (χ1) is 9.29. The normalized spacial score (nSPS) is 10.7. The second-order valence-electron chi connectivity index (χ2n) is 4.15.